The number of fused-ring (bicyclic) bond motifs is 2. The predicted octanol–water partition coefficient (Wildman–Crippen LogP) is 1.35. The van der Waals surface area contributed by atoms with E-state index >= 15 is 0 Å². The fourth-order valence-electron chi connectivity index (χ4n) is 2.28. The summed E-state index contributed by atoms with van der Waals surface area (Å²) < 4.78 is 3.45. The Morgan fingerprint density at radius 1 is 1.15 bits per heavy atom. The summed E-state index contributed by atoms with van der Waals surface area (Å²) in [6.45, 7) is 1.91. The first-order valence-electron chi connectivity index (χ1n) is 6.13. The summed E-state index contributed by atoms with van der Waals surface area (Å²) in [5.74, 6) is 1.33. The highest BCUT2D eigenvalue weighted by molar-refractivity contribution is 5.83. The molecule has 0 spiro atoms. The Morgan fingerprint density at radius 3 is 2.95 bits per heavy atom. The van der Waals surface area contributed by atoms with Crippen LogP contribution in [-0.4, -0.2) is 29.4 Å². The van der Waals surface area contributed by atoms with E-state index in [0.717, 1.165) is 22.4 Å². The van der Waals surface area contributed by atoms with E-state index in [0.29, 0.717) is 11.5 Å². The lowest BCUT2D eigenvalue weighted by Gasteiger charge is -2.06. The van der Waals surface area contributed by atoms with Gasteiger partial charge in [-0.1, -0.05) is 0 Å². The van der Waals surface area contributed by atoms with Crippen molar-refractivity contribution < 1.29 is 0 Å². The summed E-state index contributed by atoms with van der Waals surface area (Å²) in [4.78, 5) is 8.45. The zero-order chi connectivity index (χ0) is 13.7. The van der Waals surface area contributed by atoms with E-state index in [1.54, 1.807) is 15.4 Å². The summed E-state index contributed by atoms with van der Waals surface area (Å²) in [5.41, 5.74) is 8.34. The summed E-state index contributed by atoms with van der Waals surface area (Å²) in [6.07, 6.45) is 3.28. The van der Waals surface area contributed by atoms with Crippen LogP contribution < -0.4 is 5.73 Å². The van der Waals surface area contributed by atoms with Crippen molar-refractivity contribution in [3.8, 4) is 5.82 Å². The van der Waals surface area contributed by atoms with Gasteiger partial charge in [-0.15, -0.1) is 0 Å². The Hall–Kier alpha value is -2.96. The van der Waals surface area contributed by atoms with E-state index in [1.165, 1.54) is 6.33 Å². The number of aryl methyl sites for hydroxylation is 1. The largest absolute Gasteiger partial charge is 0.399 e. The lowest BCUT2D eigenvalue weighted by molar-refractivity contribution is 0.795. The van der Waals surface area contributed by atoms with Crippen LogP contribution in [0.1, 0.15) is 5.69 Å². The zero-order valence-electron chi connectivity index (χ0n) is 10.7. The van der Waals surface area contributed by atoms with Gasteiger partial charge in [0.05, 0.1) is 11.7 Å². The molecule has 4 rings (SSSR count). The Bertz CT molecular complexity index is 934. The van der Waals surface area contributed by atoms with Crippen LogP contribution in [0.3, 0.4) is 0 Å². The first-order valence-corrected chi connectivity index (χ1v) is 6.13. The fraction of sp³-hybridized carbons (Fsp3) is 0.0769. The van der Waals surface area contributed by atoms with E-state index in [4.69, 9.17) is 5.73 Å². The lowest BCUT2D eigenvalue weighted by Crippen LogP contribution is -2.07. The summed E-state index contributed by atoms with van der Waals surface area (Å²) in [5, 5.41) is 9.63. The maximum atomic E-state index is 5.86. The highest BCUT2D eigenvalue weighted by atomic mass is 15.4. The van der Waals surface area contributed by atoms with Crippen LogP contribution in [-0.2, 0) is 0 Å². The Kier molecular flexibility index (Phi) is 2.06. The molecule has 3 heterocycles. The van der Waals surface area contributed by atoms with Gasteiger partial charge in [-0.05, 0) is 25.1 Å². The molecule has 0 bridgehead atoms. The average Bonchev–Trinajstić information content (AvgIpc) is 3.03. The lowest BCUT2D eigenvalue weighted by atomic mass is 10.2. The highest BCUT2D eigenvalue weighted by Gasteiger charge is 2.11. The molecule has 0 saturated heterocycles. The van der Waals surface area contributed by atoms with Gasteiger partial charge in [-0.3, -0.25) is 0 Å². The van der Waals surface area contributed by atoms with Crippen LogP contribution in [0.4, 0.5) is 5.69 Å². The molecule has 98 valence electrons. The molecule has 0 amide bonds. The minimum atomic E-state index is 0.549. The number of hydrogen-bond acceptors (Lipinski definition) is 5. The number of anilines is 1. The Labute approximate surface area is 113 Å². The van der Waals surface area contributed by atoms with Gasteiger partial charge in [-0.25, -0.2) is 9.67 Å². The molecule has 2 N–H and O–H groups in total. The highest BCUT2D eigenvalue weighted by Crippen LogP contribution is 2.21. The van der Waals surface area contributed by atoms with Crippen molar-refractivity contribution in [1.29, 1.82) is 0 Å². The molecule has 7 heteroatoms. The molecule has 0 aliphatic carbocycles. The monoisotopic (exact) mass is 265 g/mol. The third-order valence-corrected chi connectivity index (χ3v) is 3.17. The topological polar surface area (TPSA) is 86.9 Å². The molecule has 0 atom stereocenters. The smallest absolute Gasteiger partial charge is 0.254 e. The molecule has 1 aromatic carbocycles. The number of benzene rings is 1. The number of aromatic nitrogens is 6. The van der Waals surface area contributed by atoms with Gasteiger partial charge in [0.25, 0.3) is 5.78 Å². The van der Waals surface area contributed by atoms with E-state index in [1.807, 2.05) is 31.2 Å². The minimum absolute atomic E-state index is 0.549. The quantitative estimate of drug-likeness (QED) is 0.525. The van der Waals surface area contributed by atoms with Gasteiger partial charge in [0.15, 0.2) is 5.82 Å². The van der Waals surface area contributed by atoms with Crippen molar-refractivity contribution in [2.45, 2.75) is 6.92 Å². The van der Waals surface area contributed by atoms with Crippen LogP contribution in [0.5, 0.6) is 0 Å². The van der Waals surface area contributed by atoms with Gasteiger partial charge in [-0.2, -0.15) is 19.7 Å². The van der Waals surface area contributed by atoms with Crippen molar-refractivity contribution in [2.24, 2.45) is 0 Å². The van der Waals surface area contributed by atoms with Crippen LogP contribution in [0.15, 0.2) is 36.8 Å². The molecule has 0 unspecified atom stereocenters. The summed E-state index contributed by atoms with van der Waals surface area (Å²) >= 11 is 0. The van der Waals surface area contributed by atoms with E-state index < -0.39 is 0 Å². The third-order valence-electron chi connectivity index (χ3n) is 3.17. The SMILES string of the molecule is Cc1cc(-n2ncc3ccc(N)cc32)n2ncnc2n1. The minimum Gasteiger partial charge on any atom is -0.399 e. The van der Waals surface area contributed by atoms with Gasteiger partial charge in [0.1, 0.15) is 6.33 Å². The van der Waals surface area contributed by atoms with Gasteiger partial charge in [0.2, 0.25) is 0 Å². The van der Waals surface area contributed by atoms with Crippen molar-refractivity contribution in [3.63, 3.8) is 0 Å². The molecule has 0 saturated carbocycles. The van der Waals surface area contributed by atoms with E-state index in [2.05, 4.69) is 20.2 Å². The van der Waals surface area contributed by atoms with E-state index in [-0.39, 0.29) is 0 Å². The van der Waals surface area contributed by atoms with E-state index in [9.17, 15) is 0 Å². The molecule has 20 heavy (non-hydrogen) atoms. The molecule has 3 aromatic heterocycles. The first kappa shape index (κ1) is 10.9. The van der Waals surface area contributed by atoms with Crippen molar-refractivity contribution in [1.82, 2.24) is 29.4 Å². The number of rotatable bonds is 1. The summed E-state index contributed by atoms with van der Waals surface area (Å²) in [7, 11) is 0. The number of nitrogens with zero attached hydrogens (tertiary/aromatic N) is 6. The van der Waals surface area contributed by atoms with Crippen molar-refractivity contribution in [2.75, 3.05) is 5.73 Å². The van der Waals surface area contributed by atoms with Crippen molar-refractivity contribution in [3.05, 3.63) is 42.5 Å². The fourth-order valence-corrected chi connectivity index (χ4v) is 2.28. The van der Waals surface area contributed by atoms with Gasteiger partial charge >= 0.3 is 0 Å². The first-order chi connectivity index (χ1) is 9.72. The predicted molar refractivity (Wildman–Crippen MR) is 74.6 cm³/mol. The molecular formula is C13H11N7. The molecular weight excluding hydrogens is 254 g/mol. The second-order valence-corrected chi connectivity index (χ2v) is 4.60. The second kappa shape index (κ2) is 3.77. The number of nitrogens with two attached hydrogens (primary N) is 1. The molecule has 0 aliphatic rings. The van der Waals surface area contributed by atoms with Crippen LogP contribution >= 0.6 is 0 Å². The van der Waals surface area contributed by atoms with Crippen LogP contribution in [0, 0.1) is 6.92 Å². The van der Waals surface area contributed by atoms with Gasteiger partial charge in [0, 0.05) is 22.8 Å². The molecule has 7 nitrogen and oxygen atoms in total. The number of hydrogen-bond donors (Lipinski definition) is 1. The van der Waals surface area contributed by atoms with Crippen LogP contribution in [0.2, 0.25) is 0 Å². The standard InChI is InChI=1S/C13H11N7/c1-8-4-12(20-13(18-8)15-7-17-20)19-11-5-10(14)3-2-9(11)6-16-19/h2-7H,14H2,1H3. The molecule has 0 aliphatic heterocycles. The van der Waals surface area contributed by atoms with Gasteiger partial charge < -0.3 is 5.73 Å². The Morgan fingerprint density at radius 2 is 2.05 bits per heavy atom. The zero-order valence-corrected chi connectivity index (χ0v) is 10.7. The number of nitrogen functional groups attached to an aromatic ring is 1. The van der Waals surface area contributed by atoms with Crippen LogP contribution in [0.25, 0.3) is 22.5 Å². The third kappa shape index (κ3) is 1.46. The molecule has 0 radical (unpaired) electrons. The second-order valence-electron chi connectivity index (χ2n) is 4.60. The molecule has 4 aromatic rings. The average molecular weight is 265 g/mol. The maximum Gasteiger partial charge on any atom is 0.254 e. The maximum absolute atomic E-state index is 5.86. The Balaban J connectivity index is 2.10. The molecule has 0 fully saturated rings. The summed E-state index contributed by atoms with van der Waals surface area (Å²) in [6, 6.07) is 7.61. The normalized spacial score (nSPS) is 11.4. The van der Waals surface area contributed by atoms with Crippen molar-refractivity contribution >= 4 is 22.4 Å².